The van der Waals surface area contributed by atoms with E-state index in [1.54, 1.807) is 18.3 Å². The third-order valence-electron chi connectivity index (χ3n) is 6.64. The van der Waals surface area contributed by atoms with Crippen LogP contribution in [0.25, 0.3) is 11.3 Å². The van der Waals surface area contributed by atoms with E-state index in [-0.39, 0.29) is 17.3 Å². The normalized spacial score (nSPS) is 18.3. The maximum atomic E-state index is 12.7. The molecule has 4 N–H and O–H groups in total. The Balaban J connectivity index is 1.27. The SMILES string of the molecule is C[C@@H](NC(O)N1CC2(CCn3nc(-c4cnc(N)c(OC(F)(F)F)c4)cc32)C1)c1cc(C#N)ccn1. The molecular formula is C23H23F3N8O2. The molecular weight excluding hydrogens is 477 g/mol. The summed E-state index contributed by atoms with van der Waals surface area (Å²) in [6, 6.07) is 8.11. The molecule has 2 atom stereocenters. The fraction of sp³-hybridized carbons (Fsp3) is 0.391. The number of likely N-dealkylation sites (tertiary alicyclic amines) is 1. The number of nitrogens with one attached hydrogen (secondary N) is 1. The van der Waals surface area contributed by atoms with Crippen molar-refractivity contribution < 1.29 is 23.0 Å². The predicted molar refractivity (Wildman–Crippen MR) is 121 cm³/mol. The number of nitrogens with two attached hydrogens (primary N) is 1. The average Bonchev–Trinajstić information content (AvgIpc) is 3.38. The molecule has 1 fully saturated rings. The Labute approximate surface area is 204 Å². The molecule has 1 spiro atoms. The molecule has 1 unspecified atom stereocenters. The zero-order valence-electron chi connectivity index (χ0n) is 19.2. The number of pyridine rings is 2. The Bertz CT molecular complexity index is 1330. The molecule has 0 saturated carbocycles. The second kappa shape index (κ2) is 8.74. The number of ether oxygens (including phenoxy) is 1. The lowest BCUT2D eigenvalue weighted by molar-refractivity contribution is -0.274. The topological polar surface area (TPSA) is 138 Å². The molecule has 188 valence electrons. The van der Waals surface area contributed by atoms with Gasteiger partial charge in [0, 0.05) is 48.7 Å². The quantitative estimate of drug-likeness (QED) is 0.435. The maximum Gasteiger partial charge on any atom is 0.573 e. The lowest BCUT2D eigenvalue weighted by Crippen LogP contribution is -2.64. The molecule has 36 heavy (non-hydrogen) atoms. The highest BCUT2D eigenvalue weighted by Crippen LogP contribution is 2.44. The highest BCUT2D eigenvalue weighted by atomic mass is 19.4. The maximum absolute atomic E-state index is 12.7. The van der Waals surface area contributed by atoms with Crippen LogP contribution in [0.2, 0.25) is 0 Å². The van der Waals surface area contributed by atoms with Gasteiger partial charge in [-0.2, -0.15) is 10.4 Å². The van der Waals surface area contributed by atoms with Gasteiger partial charge in [0.15, 0.2) is 17.9 Å². The van der Waals surface area contributed by atoms with E-state index in [1.165, 1.54) is 12.3 Å². The summed E-state index contributed by atoms with van der Waals surface area (Å²) in [6.45, 7) is 3.67. The number of hydrogen-bond donors (Lipinski definition) is 3. The number of aromatic nitrogens is 4. The number of halogens is 3. The van der Waals surface area contributed by atoms with Gasteiger partial charge in [-0.1, -0.05) is 0 Å². The number of anilines is 1. The molecule has 0 aliphatic carbocycles. The summed E-state index contributed by atoms with van der Waals surface area (Å²) >= 11 is 0. The summed E-state index contributed by atoms with van der Waals surface area (Å²) in [6.07, 6.45) is -2.05. The minimum absolute atomic E-state index is 0.220. The van der Waals surface area contributed by atoms with Crippen molar-refractivity contribution in [3.63, 3.8) is 0 Å². The molecule has 5 heterocycles. The number of nitrogens with zero attached hydrogens (tertiary/aromatic N) is 6. The highest BCUT2D eigenvalue weighted by Gasteiger charge is 2.51. The van der Waals surface area contributed by atoms with Crippen molar-refractivity contribution in [1.82, 2.24) is 30.0 Å². The molecule has 13 heteroatoms. The number of nitrogen functional groups attached to an aromatic ring is 1. The van der Waals surface area contributed by atoms with Crippen LogP contribution in [0.5, 0.6) is 5.75 Å². The van der Waals surface area contributed by atoms with Gasteiger partial charge in [-0.15, -0.1) is 13.2 Å². The minimum atomic E-state index is -4.88. The average molecular weight is 500 g/mol. The first-order chi connectivity index (χ1) is 17.1. The summed E-state index contributed by atoms with van der Waals surface area (Å²) in [5.41, 5.74) is 8.24. The first kappa shape index (κ1) is 24.0. The first-order valence-corrected chi connectivity index (χ1v) is 11.2. The third-order valence-corrected chi connectivity index (χ3v) is 6.64. The van der Waals surface area contributed by atoms with Crippen LogP contribution >= 0.6 is 0 Å². The highest BCUT2D eigenvalue weighted by molar-refractivity contribution is 5.65. The van der Waals surface area contributed by atoms with E-state index >= 15 is 0 Å². The molecule has 0 amide bonds. The number of aliphatic hydroxyl groups is 1. The largest absolute Gasteiger partial charge is 0.573 e. The lowest BCUT2D eigenvalue weighted by atomic mass is 9.76. The second-order valence-electron chi connectivity index (χ2n) is 9.07. The summed E-state index contributed by atoms with van der Waals surface area (Å²) in [5, 5.41) is 27.5. The Morgan fingerprint density at radius 2 is 2.06 bits per heavy atom. The molecule has 3 aromatic heterocycles. The molecule has 10 nitrogen and oxygen atoms in total. The van der Waals surface area contributed by atoms with E-state index in [9.17, 15) is 18.3 Å². The number of alkyl halides is 3. The predicted octanol–water partition coefficient (Wildman–Crippen LogP) is 2.28. The van der Waals surface area contributed by atoms with Crippen LogP contribution in [0, 0.1) is 11.3 Å². The van der Waals surface area contributed by atoms with Crippen molar-refractivity contribution in [2.24, 2.45) is 0 Å². The van der Waals surface area contributed by atoms with Crippen LogP contribution in [0.15, 0.2) is 36.7 Å². The van der Waals surface area contributed by atoms with Crippen molar-refractivity contribution in [2.75, 3.05) is 18.8 Å². The van der Waals surface area contributed by atoms with Crippen molar-refractivity contribution in [1.29, 1.82) is 5.26 Å². The van der Waals surface area contributed by atoms with E-state index < -0.39 is 18.5 Å². The van der Waals surface area contributed by atoms with Crippen molar-refractivity contribution in [3.8, 4) is 23.1 Å². The number of nitriles is 1. The fourth-order valence-corrected chi connectivity index (χ4v) is 4.80. The van der Waals surface area contributed by atoms with E-state index in [4.69, 9.17) is 11.0 Å². The van der Waals surface area contributed by atoms with Crippen LogP contribution in [0.1, 0.15) is 36.3 Å². The van der Waals surface area contributed by atoms with Crippen LogP contribution in [-0.4, -0.2) is 55.6 Å². The molecule has 2 aliphatic heterocycles. The Hall–Kier alpha value is -3.73. The van der Waals surface area contributed by atoms with Crippen LogP contribution in [0.4, 0.5) is 19.0 Å². The van der Waals surface area contributed by atoms with Gasteiger partial charge in [-0.05, 0) is 37.6 Å². The summed E-state index contributed by atoms with van der Waals surface area (Å²) in [7, 11) is 0. The number of aryl methyl sites for hydroxylation is 1. The van der Waals surface area contributed by atoms with Crippen molar-refractivity contribution in [3.05, 3.63) is 53.6 Å². The van der Waals surface area contributed by atoms with Gasteiger partial charge in [0.05, 0.1) is 29.1 Å². The van der Waals surface area contributed by atoms with Gasteiger partial charge >= 0.3 is 6.36 Å². The van der Waals surface area contributed by atoms with E-state index in [1.807, 2.05) is 22.6 Å². The Kier molecular flexibility index (Phi) is 5.82. The molecule has 1 saturated heterocycles. The molecule has 3 aromatic rings. The Morgan fingerprint density at radius 3 is 2.78 bits per heavy atom. The number of fused-ring (bicyclic) bond motifs is 2. The summed E-state index contributed by atoms with van der Waals surface area (Å²) in [4.78, 5) is 9.97. The van der Waals surface area contributed by atoms with Crippen LogP contribution in [-0.2, 0) is 12.0 Å². The number of hydrogen-bond acceptors (Lipinski definition) is 9. The monoisotopic (exact) mass is 500 g/mol. The van der Waals surface area contributed by atoms with Gasteiger partial charge in [-0.25, -0.2) is 4.98 Å². The minimum Gasteiger partial charge on any atom is -0.402 e. The molecule has 5 rings (SSSR count). The smallest absolute Gasteiger partial charge is 0.402 e. The zero-order chi connectivity index (χ0) is 25.7. The zero-order valence-corrected chi connectivity index (χ0v) is 19.2. The van der Waals surface area contributed by atoms with Crippen LogP contribution < -0.4 is 15.8 Å². The van der Waals surface area contributed by atoms with E-state index in [0.29, 0.717) is 42.1 Å². The molecule has 0 radical (unpaired) electrons. The van der Waals surface area contributed by atoms with Gasteiger partial charge in [-0.3, -0.25) is 19.9 Å². The lowest BCUT2D eigenvalue weighted by Gasteiger charge is -2.50. The molecule has 0 bridgehead atoms. The number of rotatable bonds is 6. The molecule has 2 aliphatic rings. The fourth-order valence-electron chi connectivity index (χ4n) is 4.80. The first-order valence-electron chi connectivity index (χ1n) is 11.2. The van der Waals surface area contributed by atoms with Crippen LogP contribution in [0.3, 0.4) is 0 Å². The van der Waals surface area contributed by atoms with E-state index in [0.717, 1.165) is 12.1 Å². The Morgan fingerprint density at radius 1 is 1.28 bits per heavy atom. The number of aliphatic hydroxyl groups excluding tert-OH is 1. The third kappa shape index (κ3) is 4.46. The summed E-state index contributed by atoms with van der Waals surface area (Å²) in [5.74, 6) is -0.935. The second-order valence-corrected chi connectivity index (χ2v) is 9.07. The van der Waals surface area contributed by atoms with Gasteiger partial charge in [0.25, 0.3) is 0 Å². The van der Waals surface area contributed by atoms with Gasteiger partial charge < -0.3 is 15.6 Å². The molecule has 0 aromatic carbocycles. The summed E-state index contributed by atoms with van der Waals surface area (Å²) < 4.78 is 43.9. The van der Waals surface area contributed by atoms with E-state index in [2.05, 4.69) is 31.2 Å². The van der Waals surface area contributed by atoms with Crippen molar-refractivity contribution >= 4 is 5.82 Å². The van der Waals surface area contributed by atoms with Gasteiger partial charge in [0.2, 0.25) is 0 Å². The van der Waals surface area contributed by atoms with Crippen molar-refractivity contribution in [2.45, 2.75) is 44.1 Å². The standard InChI is InChI=1S/C23H23F3N8O2/c1-13(16-6-14(9-27)2-4-29-16)31-21(35)33-11-22(12-33)3-5-34-19(22)8-17(32-34)15-7-18(20(28)30-10-15)36-23(24,25)26/h2,4,6-8,10,13,21,31,35H,3,5,11-12H2,1H3,(H2,28,30)/t13-,21?/m1/s1. The van der Waals surface area contributed by atoms with Gasteiger partial charge in [0.1, 0.15) is 0 Å².